The van der Waals surface area contributed by atoms with Crippen molar-refractivity contribution in [1.82, 2.24) is 0 Å². The summed E-state index contributed by atoms with van der Waals surface area (Å²) < 4.78 is 17.4. The molecule has 0 aliphatic heterocycles. The maximum Gasteiger partial charge on any atom is 0.414 e. The summed E-state index contributed by atoms with van der Waals surface area (Å²) in [6.07, 6.45) is -0.776. The molecule has 0 radical (unpaired) electrons. The van der Waals surface area contributed by atoms with Crippen LogP contribution in [-0.4, -0.2) is 30.3 Å². The Balaban J connectivity index is 2.92. The first kappa shape index (κ1) is 13.0. The number of benzene rings is 1. The molecule has 0 unspecified atom stereocenters. The second-order valence-corrected chi connectivity index (χ2v) is 3.16. The second kappa shape index (κ2) is 5.83. The largest absolute Gasteiger partial charge is 0.480 e. The molecular weight excluding hydrogens is 229 g/mol. The number of hydrogen-bond acceptors (Lipinski definition) is 3. The fourth-order valence-corrected chi connectivity index (χ4v) is 1.22. The normalized spacial score (nSPS) is 9.76. The van der Waals surface area contributed by atoms with Crippen LogP contribution in [0.3, 0.4) is 0 Å². The number of carboxylic acids is 1. The minimum absolute atomic E-state index is 0.135. The first-order chi connectivity index (χ1) is 8.04. The molecule has 1 aromatic rings. The summed E-state index contributed by atoms with van der Waals surface area (Å²) in [6.45, 7) is 1.21. The highest BCUT2D eigenvalue weighted by Gasteiger charge is 2.19. The zero-order chi connectivity index (χ0) is 12.8. The first-order valence-corrected chi connectivity index (χ1v) is 4.96. The lowest BCUT2D eigenvalue weighted by Crippen LogP contribution is -2.36. The fourth-order valence-electron chi connectivity index (χ4n) is 1.22. The van der Waals surface area contributed by atoms with Gasteiger partial charge >= 0.3 is 12.1 Å². The Morgan fingerprint density at radius 2 is 1.94 bits per heavy atom. The van der Waals surface area contributed by atoms with Crippen molar-refractivity contribution in [3.63, 3.8) is 0 Å². The number of carbonyl (C=O) groups excluding carboxylic acids is 1. The molecule has 0 atom stereocenters. The van der Waals surface area contributed by atoms with Crippen LogP contribution in [0, 0.1) is 5.82 Å². The van der Waals surface area contributed by atoms with Gasteiger partial charge in [-0.3, -0.25) is 9.69 Å². The minimum Gasteiger partial charge on any atom is -0.480 e. The maximum atomic E-state index is 12.7. The zero-order valence-corrected chi connectivity index (χ0v) is 9.22. The van der Waals surface area contributed by atoms with E-state index in [1.807, 2.05) is 0 Å². The van der Waals surface area contributed by atoms with Gasteiger partial charge in [-0.05, 0) is 31.2 Å². The summed E-state index contributed by atoms with van der Waals surface area (Å²) in [4.78, 5) is 23.1. The van der Waals surface area contributed by atoms with Gasteiger partial charge in [-0.25, -0.2) is 9.18 Å². The van der Waals surface area contributed by atoms with Crippen LogP contribution in [-0.2, 0) is 9.53 Å². The topological polar surface area (TPSA) is 66.8 Å². The van der Waals surface area contributed by atoms with Gasteiger partial charge < -0.3 is 9.84 Å². The molecule has 0 spiro atoms. The predicted octanol–water partition coefficient (Wildman–Crippen LogP) is 1.87. The van der Waals surface area contributed by atoms with Gasteiger partial charge in [0.1, 0.15) is 12.4 Å². The molecule has 0 aliphatic carbocycles. The first-order valence-electron chi connectivity index (χ1n) is 4.96. The van der Waals surface area contributed by atoms with E-state index in [9.17, 15) is 14.0 Å². The summed E-state index contributed by atoms with van der Waals surface area (Å²) in [5.41, 5.74) is 0.271. The van der Waals surface area contributed by atoms with E-state index >= 15 is 0 Å². The summed E-state index contributed by atoms with van der Waals surface area (Å²) >= 11 is 0. The molecule has 92 valence electrons. The lowest BCUT2D eigenvalue weighted by Gasteiger charge is -2.19. The minimum atomic E-state index is -1.18. The number of ether oxygens (including phenoxy) is 1. The molecule has 0 bridgehead atoms. The number of amides is 1. The van der Waals surface area contributed by atoms with Crippen LogP contribution >= 0.6 is 0 Å². The third-order valence-corrected chi connectivity index (χ3v) is 1.92. The molecule has 1 N–H and O–H groups in total. The lowest BCUT2D eigenvalue weighted by molar-refractivity contribution is -0.135. The molecule has 0 fully saturated rings. The maximum absolute atomic E-state index is 12.7. The molecule has 1 rings (SSSR count). The lowest BCUT2D eigenvalue weighted by atomic mass is 10.3. The van der Waals surface area contributed by atoms with E-state index in [0.717, 1.165) is 17.0 Å². The Kier molecular flexibility index (Phi) is 4.45. The Labute approximate surface area is 97.4 Å². The van der Waals surface area contributed by atoms with E-state index in [1.165, 1.54) is 12.1 Å². The molecule has 0 saturated carbocycles. The molecule has 0 heterocycles. The van der Waals surface area contributed by atoms with Gasteiger partial charge in [0.15, 0.2) is 0 Å². The van der Waals surface area contributed by atoms with Crippen molar-refractivity contribution in [2.24, 2.45) is 0 Å². The Morgan fingerprint density at radius 3 is 2.41 bits per heavy atom. The Hall–Kier alpha value is -2.11. The molecular formula is C11H12FNO4. The number of anilines is 1. The van der Waals surface area contributed by atoms with Crippen molar-refractivity contribution >= 4 is 17.7 Å². The predicted molar refractivity (Wildman–Crippen MR) is 58.4 cm³/mol. The van der Waals surface area contributed by atoms with Crippen LogP contribution in [0.15, 0.2) is 24.3 Å². The molecule has 5 nitrogen and oxygen atoms in total. The Morgan fingerprint density at radius 1 is 1.35 bits per heavy atom. The molecule has 6 heteroatoms. The molecule has 1 aromatic carbocycles. The summed E-state index contributed by atoms with van der Waals surface area (Å²) in [5.74, 6) is -1.64. The van der Waals surface area contributed by atoms with Gasteiger partial charge in [0, 0.05) is 5.69 Å². The highest BCUT2D eigenvalue weighted by molar-refractivity contribution is 5.92. The van der Waals surface area contributed by atoms with Crippen LogP contribution in [0.25, 0.3) is 0 Å². The van der Waals surface area contributed by atoms with Gasteiger partial charge in [-0.15, -0.1) is 0 Å². The average molecular weight is 241 g/mol. The molecule has 0 aliphatic rings. The quantitative estimate of drug-likeness (QED) is 0.873. The third kappa shape index (κ3) is 3.75. The summed E-state index contributed by atoms with van der Waals surface area (Å²) in [6, 6.07) is 4.91. The van der Waals surface area contributed by atoms with E-state index in [2.05, 4.69) is 0 Å². The van der Waals surface area contributed by atoms with Crippen molar-refractivity contribution in [1.29, 1.82) is 0 Å². The number of nitrogens with zero attached hydrogens (tertiary/aromatic N) is 1. The van der Waals surface area contributed by atoms with Gasteiger partial charge in [0.05, 0.1) is 6.61 Å². The van der Waals surface area contributed by atoms with E-state index in [1.54, 1.807) is 6.92 Å². The average Bonchev–Trinajstić information content (AvgIpc) is 2.27. The van der Waals surface area contributed by atoms with Crippen LogP contribution in [0.5, 0.6) is 0 Å². The van der Waals surface area contributed by atoms with E-state index in [4.69, 9.17) is 9.84 Å². The van der Waals surface area contributed by atoms with Crippen molar-refractivity contribution in [3.8, 4) is 0 Å². The highest BCUT2D eigenvalue weighted by atomic mass is 19.1. The van der Waals surface area contributed by atoms with Crippen molar-refractivity contribution < 1.29 is 23.8 Å². The van der Waals surface area contributed by atoms with Crippen molar-refractivity contribution in [3.05, 3.63) is 30.1 Å². The van der Waals surface area contributed by atoms with Crippen molar-refractivity contribution in [2.45, 2.75) is 6.92 Å². The monoisotopic (exact) mass is 241 g/mol. The Bertz CT molecular complexity index is 404. The summed E-state index contributed by atoms with van der Waals surface area (Å²) in [7, 11) is 0. The number of carboxylic acid groups (broad SMARTS) is 1. The smallest absolute Gasteiger partial charge is 0.414 e. The second-order valence-electron chi connectivity index (χ2n) is 3.16. The number of aliphatic carboxylic acids is 1. The highest BCUT2D eigenvalue weighted by Crippen LogP contribution is 2.15. The van der Waals surface area contributed by atoms with Crippen LogP contribution in [0.2, 0.25) is 0 Å². The van der Waals surface area contributed by atoms with Crippen LogP contribution in [0.1, 0.15) is 6.92 Å². The van der Waals surface area contributed by atoms with Gasteiger partial charge in [-0.1, -0.05) is 0 Å². The van der Waals surface area contributed by atoms with E-state index < -0.39 is 24.4 Å². The standard InChI is InChI=1S/C11H12FNO4/c1-2-17-11(16)13(7-10(14)15)9-5-3-8(12)4-6-9/h3-6H,2,7H2,1H3,(H,14,15). The SMILES string of the molecule is CCOC(=O)N(CC(=O)O)c1ccc(F)cc1. The number of carbonyl (C=O) groups is 2. The molecule has 1 amide bonds. The van der Waals surface area contributed by atoms with E-state index in [-0.39, 0.29) is 12.3 Å². The fraction of sp³-hybridized carbons (Fsp3) is 0.273. The van der Waals surface area contributed by atoms with Crippen LogP contribution in [0.4, 0.5) is 14.9 Å². The number of hydrogen-bond donors (Lipinski definition) is 1. The summed E-state index contributed by atoms with van der Waals surface area (Å²) in [5, 5.41) is 8.69. The van der Waals surface area contributed by atoms with E-state index in [0.29, 0.717) is 0 Å². The molecule has 0 saturated heterocycles. The third-order valence-electron chi connectivity index (χ3n) is 1.92. The van der Waals surface area contributed by atoms with Gasteiger partial charge in [0.25, 0.3) is 0 Å². The van der Waals surface area contributed by atoms with Crippen LogP contribution < -0.4 is 4.90 Å². The molecule has 0 aromatic heterocycles. The zero-order valence-electron chi connectivity index (χ0n) is 9.22. The molecule has 17 heavy (non-hydrogen) atoms. The number of halogens is 1. The van der Waals surface area contributed by atoms with Gasteiger partial charge in [-0.2, -0.15) is 0 Å². The number of rotatable bonds is 4. The van der Waals surface area contributed by atoms with Gasteiger partial charge in [0.2, 0.25) is 0 Å². The van der Waals surface area contributed by atoms with Crippen molar-refractivity contribution in [2.75, 3.05) is 18.1 Å².